The molecule has 0 fully saturated rings. The van der Waals surface area contributed by atoms with Crippen LogP contribution < -0.4 is 0 Å². The molecular weight excluding hydrogens is 276 g/mol. The molecule has 124 valence electrons. The van der Waals surface area contributed by atoms with Crippen LogP contribution in [0.2, 0.25) is 0 Å². The minimum Gasteiger partial charge on any atom is -0.507 e. The molecule has 0 unspecified atom stereocenters. The molecule has 0 saturated carbocycles. The molecule has 22 heavy (non-hydrogen) atoms. The molecule has 0 aliphatic heterocycles. The van der Waals surface area contributed by atoms with Crippen molar-refractivity contribution in [3.63, 3.8) is 0 Å². The highest BCUT2D eigenvalue weighted by atomic mass is 16.5. The summed E-state index contributed by atoms with van der Waals surface area (Å²) in [7, 11) is 0. The van der Waals surface area contributed by atoms with Crippen molar-refractivity contribution >= 4 is 5.97 Å². The van der Waals surface area contributed by atoms with Gasteiger partial charge in [0.2, 0.25) is 0 Å². The van der Waals surface area contributed by atoms with Crippen molar-refractivity contribution in [3.05, 3.63) is 28.8 Å². The molecule has 1 aromatic carbocycles. The third-order valence-corrected chi connectivity index (χ3v) is 3.75. The molecule has 0 radical (unpaired) electrons. The average molecular weight is 306 g/mol. The van der Waals surface area contributed by atoms with Gasteiger partial charge in [-0.05, 0) is 54.7 Å². The first-order valence-electron chi connectivity index (χ1n) is 8.05. The van der Waals surface area contributed by atoms with Gasteiger partial charge in [-0.25, -0.2) is 0 Å². The van der Waals surface area contributed by atoms with E-state index in [4.69, 9.17) is 4.74 Å². The standard InChI is InChI=1S/C19H30O3/c1-13(2)11-19(5,6)12-22-17(20)8-7-16-9-14(3)18(21)15(4)10-16/h9-10,13,21H,7-8,11-12H2,1-6H3. The van der Waals surface area contributed by atoms with Gasteiger partial charge in [0.05, 0.1) is 6.61 Å². The van der Waals surface area contributed by atoms with Crippen LogP contribution in [0, 0.1) is 25.2 Å². The second-order valence-electron chi connectivity index (χ2n) is 7.50. The quantitative estimate of drug-likeness (QED) is 0.751. The predicted octanol–water partition coefficient (Wildman–Crippen LogP) is 4.56. The van der Waals surface area contributed by atoms with E-state index in [2.05, 4.69) is 27.7 Å². The van der Waals surface area contributed by atoms with Gasteiger partial charge in [-0.3, -0.25) is 4.79 Å². The Kier molecular flexibility index (Phi) is 6.46. The first-order chi connectivity index (χ1) is 10.1. The maximum Gasteiger partial charge on any atom is 0.306 e. The van der Waals surface area contributed by atoms with Crippen LogP contribution in [-0.2, 0) is 16.0 Å². The summed E-state index contributed by atoms with van der Waals surface area (Å²) >= 11 is 0. The smallest absolute Gasteiger partial charge is 0.306 e. The largest absolute Gasteiger partial charge is 0.507 e. The number of phenols is 1. The minimum atomic E-state index is -0.153. The lowest BCUT2D eigenvalue weighted by molar-refractivity contribution is -0.147. The zero-order valence-electron chi connectivity index (χ0n) is 14.8. The van der Waals surface area contributed by atoms with Gasteiger partial charge in [0, 0.05) is 6.42 Å². The molecular formula is C19H30O3. The van der Waals surface area contributed by atoms with Crippen LogP contribution in [0.25, 0.3) is 0 Å². The van der Waals surface area contributed by atoms with Gasteiger partial charge in [0.1, 0.15) is 5.75 Å². The number of ether oxygens (including phenoxy) is 1. The molecule has 0 atom stereocenters. The van der Waals surface area contributed by atoms with Crippen LogP contribution in [0.3, 0.4) is 0 Å². The third kappa shape index (κ3) is 6.08. The summed E-state index contributed by atoms with van der Waals surface area (Å²) in [4.78, 5) is 11.9. The van der Waals surface area contributed by atoms with E-state index in [-0.39, 0.29) is 11.4 Å². The van der Waals surface area contributed by atoms with Crippen LogP contribution in [0.4, 0.5) is 0 Å². The normalized spacial score (nSPS) is 11.8. The van der Waals surface area contributed by atoms with E-state index < -0.39 is 0 Å². The van der Waals surface area contributed by atoms with Crippen molar-refractivity contribution in [1.29, 1.82) is 0 Å². The zero-order valence-corrected chi connectivity index (χ0v) is 14.8. The lowest BCUT2D eigenvalue weighted by Gasteiger charge is -2.26. The number of carbonyl (C=O) groups is 1. The van der Waals surface area contributed by atoms with E-state index in [9.17, 15) is 9.90 Å². The summed E-state index contributed by atoms with van der Waals surface area (Å²) in [5, 5.41) is 9.76. The molecule has 0 bridgehead atoms. The van der Waals surface area contributed by atoms with Crippen molar-refractivity contribution in [2.24, 2.45) is 11.3 Å². The maximum absolute atomic E-state index is 11.9. The molecule has 3 heteroatoms. The number of carbonyl (C=O) groups excluding carboxylic acids is 1. The van der Waals surface area contributed by atoms with E-state index in [1.54, 1.807) is 0 Å². The fourth-order valence-corrected chi connectivity index (χ4v) is 2.95. The molecule has 0 saturated heterocycles. The molecule has 1 rings (SSSR count). The van der Waals surface area contributed by atoms with E-state index >= 15 is 0 Å². The molecule has 0 aliphatic rings. The predicted molar refractivity (Wildman–Crippen MR) is 90.1 cm³/mol. The van der Waals surface area contributed by atoms with Crippen LogP contribution in [0.5, 0.6) is 5.75 Å². The highest BCUT2D eigenvalue weighted by Gasteiger charge is 2.21. The molecule has 0 aromatic heterocycles. The molecule has 3 nitrogen and oxygen atoms in total. The summed E-state index contributed by atoms with van der Waals surface area (Å²) in [5.74, 6) is 0.777. The average Bonchev–Trinajstić information content (AvgIpc) is 2.38. The Hall–Kier alpha value is -1.51. The monoisotopic (exact) mass is 306 g/mol. The van der Waals surface area contributed by atoms with Crippen molar-refractivity contribution < 1.29 is 14.6 Å². The van der Waals surface area contributed by atoms with Crippen molar-refractivity contribution in [1.82, 2.24) is 0 Å². The first-order valence-corrected chi connectivity index (χ1v) is 8.05. The van der Waals surface area contributed by atoms with E-state index in [1.165, 1.54) is 0 Å². The lowest BCUT2D eigenvalue weighted by Crippen LogP contribution is -2.23. The molecule has 1 aromatic rings. The van der Waals surface area contributed by atoms with Gasteiger partial charge in [0.25, 0.3) is 0 Å². The summed E-state index contributed by atoms with van der Waals surface area (Å²) in [6, 6.07) is 3.86. The van der Waals surface area contributed by atoms with Gasteiger partial charge in [-0.1, -0.05) is 39.8 Å². The Morgan fingerprint density at radius 3 is 2.27 bits per heavy atom. The Labute approximate surface area is 134 Å². The Bertz CT molecular complexity index is 492. The molecule has 1 N–H and O–H groups in total. The Morgan fingerprint density at radius 1 is 1.23 bits per heavy atom. The van der Waals surface area contributed by atoms with Gasteiger partial charge in [-0.15, -0.1) is 0 Å². The lowest BCUT2D eigenvalue weighted by atomic mass is 9.85. The van der Waals surface area contributed by atoms with Gasteiger partial charge < -0.3 is 9.84 Å². The van der Waals surface area contributed by atoms with Crippen LogP contribution >= 0.6 is 0 Å². The number of hydrogen-bond donors (Lipinski definition) is 1. The van der Waals surface area contributed by atoms with Gasteiger partial charge in [-0.2, -0.15) is 0 Å². The first kappa shape index (κ1) is 18.5. The van der Waals surface area contributed by atoms with Crippen LogP contribution in [0.1, 0.15) is 57.2 Å². The fraction of sp³-hybridized carbons (Fsp3) is 0.632. The fourth-order valence-electron chi connectivity index (χ4n) is 2.95. The molecule has 0 amide bonds. The Balaban J connectivity index is 2.47. The molecule has 0 spiro atoms. The van der Waals surface area contributed by atoms with Gasteiger partial charge in [0.15, 0.2) is 0 Å². The van der Waals surface area contributed by atoms with Gasteiger partial charge >= 0.3 is 5.97 Å². The maximum atomic E-state index is 11.9. The summed E-state index contributed by atoms with van der Waals surface area (Å²) in [6.07, 6.45) is 2.06. The summed E-state index contributed by atoms with van der Waals surface area (Å²) < 4.78 is 5.43. The van der Waals surface area contributed by atoms with Crippen LogP contribution in [-0.4, -0.2) is 17.7 Å². The highest BCUT2D eigenvalue weighted by molar-refractivity contribution is 5.69. The summed E-state index contributed by atoms with van der Waals surface area (Å²) in [5.41, 5.74) is 2.78. The van der Waals surface area contributed by atoms with E-state index in [1.807, 2.05) is 26.0 Å². The number of esters is 1. The van der Waals surface area contributed by atoms with E-state index in [0.29, 0.717) is 31.1 Å². The third-order valence-electron chi connectivity index (χ3n) is 3.75. The SMILES string of the molecule is Cc1cc(CCC(=O)OCC(C)(C)CC(C)C)cc(C)c1O. The second kappa shape index (κ2) is 7.66. The van der Waals surface area contributed by atoms with Crippen molar-refractivity contribution in [2.45, 2.75) is 60.8 Å². The second-order valence-corrected chi connectivity index (χ2v) is 7.50. The molecule has 0 aliphatic carbocycles. The summed E-state index contributed by atoms with van der Waals surface area (Å²) in [6.45, 7) is 12.8. The van der Waals surface area contributed by atoms with Crippen molar-refractivity contribution in [3.8, 4) is 5.75 Å². The highest BCUT2D eigenvalue weighted by Crippen LogP contribution is 2.26. The number of benzene rings is 1. The zero-order chi connectivity index (χ0) is 16.9. The Morgan fingerprint density at radius 2 is 1.77 bits per heavy atom. The van der Waals surface area contributed by atoms with E-state index in [0.717, 1.165) is 23.1 Å². The number of hydrogen-bond acceptors (Lipinski definition) is 3. The topological polar surface area (TPSA) is 46.5 Å². The van der Waals surface area contributed by atoms with Crippen LogP contribution in [0.15, 0.2) is 12.1 Å². The number of aryl methyl sites for hydroxylation is 3. The van der Waals surface area contributed by atoms with Crippen molar-refractivity contribution in [2.75, 3.05) is 6.61 Å². The number of aromatic hydroxyl groups is 1. The number of rotatable bonds is 7. The minimum absolute atomic E-state index is 0.0234. The molecule has 0 heterocycles. The number of phenolic OH excluding ortho intramolecular Hbond substituents is 1.